The van der Waals surface area contributed by atoms with Crippen LogP contribution in [0.4, 0.5) is 0 Å². The maximum absolute atomic E-state index is 2.50. The second kappa shape index (κ2) is 3.05. The molecule has 2 rings (SSSR count). The largest absolute Gasteiger partial charge is 0.0651 e. The molecule has 0 N–H and O–H groups in total. The maximum Gasteiger partial charge on any atom is -0.0355 e. The second-order valence-electron chi connectivity index (χ2n) is 4.99. The Bertz CT molecular complexity index is 157. The summed E-state index contributed by atoms with van der Waals surface area (Å²) in [6.07, 6.45) is 5.99. The molecule has 2 aliphatic carbocycles. The first kappa shape index (κ1) is 8.59. The molecule has 0 heteroatoms. The fourth-order valence-electron chi connectivity index (χ4n) is 4.12. The van der Waals surface area contributed by atoms with Gasteiger partial charge in [0.05, 0.1) is 0 Å². The van der Waals surface area contributed by atoms with Crippen LogP contribution in [-0.4, -0.2) is 0 Å². The Kier molecular flexibility index (Phi) is 2.18. The van der Waals surface area contributed by atoms with Crippen LogP contribution in [0.5, 0.6) is 0 Å². The van der Waals surface area contributed by atoms with Gasteiger partial charge in [0.25, 0.3) is 0 Å². The molecular weight excluding hydrogens is 144 g/mol. The van der Waals surface area contributed by atoms with E-state index in [-0.39, 0.29) is 0 Å². The Morgan fingerprint density at radius 1 is 1.08 bits per heavy atom. The highest BCUT2D eigenvalue weighted by Gasteiger charge is 2.48. The number of rotatable bonds is 2. The highest BCUT2D eigenvalue weighted by atomic mass is 14.5. The Morgan fingerprint density at radius 2 is 1.83 bits per heavy atom. The lowest BCUT2D eigenvalue weighted by Gasteiger charge is -2.32. The van der Waals surface area contributed by atoms with Crippen molar-refractivity contribution < 1.29 is 0 Å². The highest BCUT2D eigenvalue weighted by Crippen LogP contribution is 2.56. The van der Waals surface area contributed by atoms with Crippen molar-refractivity contribution in [3.05, 3.63) is 0 Å². The normalized spacial score (nSPS) is 51.8. The monoisotopic (exact) mass is 166 g/mol. The van der Waals surface area contributed by atoms with Gasteiger partial charge in [-0.05, 0) is 42.4 Å². The van der Waals surface area contributed by atoms with Crippen LogP contribution in [0.1, 0.15) is 46.5 Å². The quantitative estimate of drug-likeness (QED) is 0.586. The molecule has 0 aromatic carbocycles. The van der Waals surface area contributed by atoms with Crippen LogP contribution in [0.3, 0.4) is 0 Å². The SMILES string of the molecule is CCC1CC2CC1C(C)C2CC. The molecule has 2 fully saturated rings. The van der Waals surface area contributed by atoms with Gasteiger partial charge in [0.15, 0.2) is 0 Å². The molecule has 5 atom stereocenters. The first-order valence-corrected chi connectivity index (χ1v) is 5.77. The van der Waals surface area contributed by atoms with Crippen LogP contribution in [0.2, 0.25) is 0 Å². The van der Waals surface area contributed by atoms with E-state index in [0.717, 1.165) is 29.6 Å². The molecule has 0 aromatic rings. The molecular formula is C12H22. The van der Waals surface area contributed by atoms with Gasteiger partial charge in [-0.15, -0.1) is 0 Å². The van der Waals surface area contributed by atoms with Crippen LogP contribution in [-0.2, 0) is 0 Å². The molecule has 2 aliphatic rings. The molecule has 0 aromatic heterocycles. The summed E-state index contributed by atoms with van der Waals surface area (Å²) in [6, 6.07) is 0. The fourth-order valence-corrected chi connectivity index (χ4v) is 4.12. The van der Waals surface area contributed by atoms with E-state index in [1.807, 2.05) is 0 Å². The lowest BCUT2D eigenvalue weighted by molar-refractivity contribution is 0.168. The Morgan fingerprint density at radius 3 is 2.33 bits per heavy atom. The Hall–Kier alpha value is 0. The van der Waals surface area contributed by atoms with Gasteiger partial charge in [0, 0.05) is 0 Å². The minimum atomic E-state index is 1.04. The smallest absolute Gasteiger partial charge is 0.0355 e. The zero-order valence-electron chi connectivity index (χ0n) is 8.72. The molecule has 0 saturated heterocycles. The van der Waals surface area contributed by atoms with Crippen LogP contribution in [0, 0.1) is 29.6 Å². The first-order chi connectivity index (χ1) is 5.77. The third kappa shape index (κ3) is 1.03. The van der Waals surface area contributed by atoms with Crippen molar-refractivity contribution in [2.75, 3.05) is 0 Å². The van der Waals surface area contributed by atoms with Gasteiger partial charge < -0.3 is 0 Å². The summed E-state index contributed by atoms with van der Waals surface area (Å²) in [7, 11) is 0. The summed E-state index contributed by atoms with van der Waals surface area (Å²) < 4.78 is 0. The van der Waals surface area contributed by atoms with Crippen molar-refractivity contribution in [2.45, 2.75) is 46.5 Å². The van der Waals surface area contributed by atoms with Gasteiger partial charge in [-0.25, -0.2) is 0 Å². The van der Waals surface area contributed by atoms with Crippen molar-refractivity contribution in [1.82, 2.24) is 0 Å². The van der Waals surface area contributed by atoms with E-state index in [1.54, 1.807) is 12.8 Å². The van der Waals surface area contributed by atoms with Gasteiger partial charge in [0.1, 0.15) is 0 Å². The summed E-state index contributed by atoms with van der Waals surface area (Å²) in [5.41, 5.74) is 0. The standard InChI is InChI=1S/C12H22/c1-4-9-6-10-7-12(9)8(3)11(10)5-2/h8-12H,4-7H2,1-3H3. The number of hydrogen-bond donors (Lipinski definition) is 0. The van der Waals surface area contributed by atoms with E-state index in [2.05, 4.69) is 20.8 Å². The summed E-state index contributed by atoms with van der Waals surface area (Å²) in [5, 5.41) is 0. The predicted molar refractivity (Wildman–Crippen MR) is 52.9 cm³/mol. The first-order valence-electron chi connectivity index (χ1n) is 5.77. The zero-order chi connectivity index (χ0) is 8.72. The summed E-state index contributed by atoms with van der Waals surface area (Å²) in [6.45, 7) is 7.25. The summed E-state index contributed by atoms with van der Waals surface area (Å²) in [4.78, 5) is 0. The van der Waals surface area contributed by atoms with E-state index < -0.39 is 0 Å². The Labute approximate surface area is 76.7 Å². The second-order valence-corrected chi connectivity index (χ2v) is 4.99. The van der Waals surface area contributed by atoms with Gasteiger partial charge >= 0.3 is 0 Å². The van der Waals surface area contributed by atoms with Gasteiger partial charge in [-0.1, -0.05) is 33.6 Å². The third-order valence-electron chi connectivity index (χ3n) is 4.74. The molecule has 0 aliphatic heterocycles. The zero-order valence-corrected chi connectivity index (χ0v) is 8.72. The molecule has 0 nitrogen and oxygen atoms in total. The summed E-state index contributed by atoms with van der Waals surface area (Å²) >= 11 is 0. The molecule has 0 heterocycles. The lowest BCUT2D eigenvalue weighted by atomic mass is 9.73. The molecule has 2 bridgehead atoms. The molecule has 0 amide bonds. The van der Waals surface area contributed by atoms with Crippen LogP contribution in [0.15, 0.2) is 0 Å². The maximum atomic E-state index is 2.50. The van der Waals surface area contributed by atoms with Gasteiger partial charge in [-0.3, -0.25) is 0 Å². The minimum absolute atomic E-state index is 1.04. The van der Waals surface area contributed by atoms with E-state index in [9.17, 15) is 0 Å². The number of fused-ring (bicyclic) bond motifs is 2. The van der Waals surface area contributed by atoms with Crippen molar-refractivity contribution in [3.8, 4) is 0 Å². The van der Waals surface area contributed by atoms with Crippen molar-refractivity contribution in [1.29, 1.82) is 0 Å². The molecule has 12 heavy (non-hydrogen) atoms. The molecule has 2 saturated carbocycles. The van der Waals surface area contributed by atoms with E-state index >= 15 is 0 Å². The van der Waals surface area contributed by atoms with Crippen molar-refractivity contribution >= 4 is 0 Å². The van der Waals surface area contributed by atoms with E-state index in [1.165, 1.54) is 12.8 Å². The van der Waals surface area contributed by atoms with Crippen LogP contribution in [0.25, 0.3) is 0 Å². The topological polar surface area (TPSA) is 0 Å². The molecule has 0 radical (unpaired) electrons. The molecule has 0 spiro atoms. The fraction of sp³-hybridized carbons (Fsp3) is 1.00. The van der Waals surface area contributed by atoms with Crippen molar-refractivity contribution in [2.24, 2.45) is 29.6 Å². The van der Waals surface area contributed by atoms with Crippen LogP contribution < -0.4 is 0 Å². The lowest BCUT2D eigenvalue weighted by Crippen LogP contribution is -2.25. The van der Waals surface area contributed by atoms with Crippen LogP contribution >= 0.6 is 0 Å². The predicted octanol–water partition coefficient (Wildman–Crippen LogP) is 3.71. The van der Waals surface area contributed by atoms with Crippen molar-refractivity contribution in [3.63, 3.8) is 0 Å². The molecule has 70 valence electrons. The minimum Gasteiger partial charge on any atom is -0.0651 e. The average molecular weight is 166 g/mol. The molecule has 5 unspecified atom stereocenters. The highest BCUT2D eigenvalue weighted by molar-refractivity contribution is 4.97. The average Bonchev–Trinajstić information content (AvgIpc) is 2.60. The Balaban J connectivity index is 2.07. The van der Waals surface area contributed by atoms with E-state index in [0.29, 0.717) is 0 Å². The number of hydrogen-bond acceptors (Lipinski definition) is 0. The summed E-state index contributed by atoms with van der Waals surface area (Å²) in [5.74, 6) is 5.43. The third-order valence-corrected chi connectivity index (χ3v) is 4.74. The van der Waals surface area contributed by atoms with Gasteiger partial charge in [-0.2, -0.15) is 0 Å². The van der Waals surface area contributed by atoms with Gasteiger partial charge in [0.2, 0.25) is 0 Å². The van der Waals surface area contributed by atoms with E-state index in [4.69, 9.17) is 0 Å².